The molecule has 9 nitrogen and oxygen atoms in total. The Hall–Kier alpha value is -3.69. The number of ketones is 2. The van der Waals surface area contributed by atoms with Gasteiger partial charge in [0, 0.05) is 55.1 Å². The number of nitrogen functional groups attached to an aromatic ring is 1. The molecular formula is C29H34N6O3. The van der Waals surface area contributed by atoms with Crippen molar-refractivity contribution in [1.82, 2.24) is 19.9 Å². The number of nitrogens with two attached hydrogens (primary N) is 1. The van der Waals surface area contributed by atoms with Crippen LogP contribution >= 0.6 is 0 Å². The first kappa shape index (κ1) is 25.9. The van der Waals surface area contributed by atoms with Crippen LogP contribution in [0, 0.1) is 0 Å². The number of rotatable bonds is 9. The van der Waals surface area contributed by atoms with Gasteiger partial charge in [-0.25, -0.2) is 9.97 Å². The standard InChI is InChI=1S/C29H34N6O3/c1-34-12-2-3-25(34)26(36)9-6-20-4-7-21(8-5-20)23-19-32-29(30)28(33-23)27(37)17-22-18-31-11-10-24(22)35-13-15-38-16-14-35/h4-5,7-8,10-11,18-19,25H,2-3,6,9,12-17H2,1H3,(H2,30,32)/t25-/m0/s1. The molecule has 0 amide bonds. The summed E-state index contributed by atoms with van der Waals surface area (Å²) >= 11 is 0. The molecule has 2 fully saturated rings. The van der Waals surface area contributed by atoms with Gasteiger partial charge in [-0.05, 0) is 44.5 Å². The molecule has 198 valence electrons. The van der Waals surface area contributed by atoms with Crippen molar-refractivity contribution < 1.29 is 14.3 Å². The minimum atomic E-state index is -0.202. The summed E-state index contributed by atoms with van der Waals surface area (Å²) < 4.78 is 5.46. The molecule has 0 bridgehead atoms. The molecule has 38 heavy (non-hydrogen) atoms. The maximum Gasteiger partial charge on any atom is 0.189 e. The fraction of sp³-hybridized carbons (Fsp3) is 0.414. The summed E-state index contributed by atoms with van der Waals surface area (Å²) in [5.41, 5.74) is 10.6. The number of likely N-dealkylation sites (tertiary alicyclic amines) is 1. The lowest BCUT2D eigenvalue weighted by Crippen LogP contribution is -2.37. The highest BCUT2D eigenvalue weighted by molar-refractivity contribution is 6.00. The zero-order valence-electron chi connectivity index (χ0n) is 21.8. The topological polar surface area (TPSA) is 115 Å². The van der Waals surface area contributed by atoms with Crippen LogP contribution in [0.1, 0.15) is 40.9 Å². The zero-order chi connectivity index (χ0) is 26.5. The van der Waals surface area contributed by atoms with E-state index >= 15 is 0 Å². The number of morpholine rings is 1. The first-order chi connectivity index (χ1) is 18.5. The van der Waals surface area contributed by atoms with Crippen molar-refractivity contribution in [1.29, 1.82) is 0 Å². The molecule has 0 spiro atoms. The molecule has 0 radical (unpaired) electrons. The third-order valence-corrected chi connectivity index (χ3v) is 7.45. The van der Waals surface area contributed by atoms with E-state index < -0.39 is 0 Å². The van der Waals surface area contributed by atoms with Gasteiger partial charge in [0.25, 0.3) is 0 Å². The minimum Gasteiger partial charge on any atom is -0.382 e. The fourth-order valence-electron chi connectivity index (χ4n) is 5.26. The second kappa shape index (κ2) is 11.8. The number of aromatic nitrogens is 3. The Labute approximate surface area is 223 Å². The highest BCUT2D eigenvalue weighted by Gasteiger charge is 2.27. The third kappa shape index (κ3) is 5.89. The van der Waals surface area contributed by atoms with Crippen LogP contribution in [-0.4, -0.2) is 77.4 Å². The van der Waals surface area contributed by atoms with E-state index in [0.29, 0.717) is 37.5 Å². The molecular weight excluding hydrogens is 480 g/mol. The molecule has 2 N–H and O–H groups in total. The highest BCUT2D eigenvalue weighted by Crippen LogP contribution is 2.25. The number of Topliss-reactive ketones (excluding diaryl/α,β-unsaturated/α-hetero) is 2. The molecule has 2 aliphatic heterocycles. The van der Waals surface area contributed by atoms with Crippen LogP contribution < -0.4 is 10.6 Å². The number of carbonyl (C=O) groups excluding carboxylic acids is 2. The van der Waals surface area contributed by atoms with E-state index in [2.05, 4.69) is 24.8 Å². The van der Waals surface area contributed by atoms with Crippen LogP contribution in [0.15, 0.2) is 48.9 Å². The molecule has 1 aromatic carbocycles. The van der Waals surface area contributed by atoms with Crippen molar-refractivity contribution in [2.45, 2.75) is 38.1 Å². The van der Waals surface area contributed by atoms with Gasteiger partial charge in [0.15, 0.2) is 11.6 Å². The molecule has 3 aromatic rings. The van der Waals surface area contributed by atoms with Crippen molar-refractivity contribution in [3.8, 4) is 11.3 Å². The molecule has 4 heterocycles. The molecule has 1 atom stereocenters. The number of aryl methyl sites for hydroxylation is 1. The number of pyridine rings is 1. The Morgan fingerprint density at radius 1 is 1.08 bits per heavy atom. The van der Waals surface area contributed by atoms with Crippen molar-refractivity contribution in [3.05, 3.63) is 65.7 Å². The first-order valence-electron chi connectivity index (χ1n) is 13.2. The van der Waals surface area contributed by atoms with Gasteiger partial charge < -0.3 is 15.4 Å². The Bertz CT molecular complexity index is 1290. The lowest BCUT2D eigenvalue weighted by molar-refractivity contribution is -0.122. The summed E-state index contributed by atoms with van der Waals surface area (Å²) in [6.07, 6.45) is 8.47. The minimum absolute atomic E-state index is 0.0619. The molecule has 2 aromatic heterocycles. The summed E-state index contributed by atoms with van der Waals surface area (Å²) in [6.45, 7) is 3.84. The van der Waals surface area contributed by atoms with Crippen LogP contribution in [0.25, 0.3) is 11.3 Å². The number of hydrogen-bond donors (Lipinski definition) is 1. The summed E-state index contributed by atoms with van der Waals surface area (Å²) in [4.78, 5) is 43.3. The Morgan fingerprint density at radius 3 is 2.61 bits per heavy atom. The van der Waals surface area contributed by atoms with E-state index in [1.807, 2.05) is 37.4 Å². The van der Waals surface area contributed by atoms with Gasteiger partial charge in [0.05, 0.1) is 31.1 Å². The second-order valence-electron chi connectivity index (χ2n) is 9.99. The molecule has 2 saturated heterocycles. The number of carbonyl (C=O) groups is 2. The van der Waals surface area contributed by atoms with Gasteiger partial charge in [0.2, 0.25) is 0 Å². The maximum atomic E-state index is 13.3. The Balaban J connectivity index is 1.27. The van der Waals surface area contributed by atoms with Gasteiger partial charge >= 0.3 is 0 Å². The smallest absolute Gasteiger partial charge is 0.189 e. The van der Waals surface area contributed by atoms with Crippen molar-refractivity contribution >= 4 is 23.1 Å². The number of ether oxygens (including phenoxy) is 1. The summed E-state index contributed by atoms with van der Waals surface area (Å²) in [5, 5.41) is 0. The van der Waals surface area contributed by atoms with E-state index in [-0.39, 0.29) is 29.8 Å². The molecule has 0 aliphatic carbocycles. The molecule has 0 saturated carbocycles. The number of benzene rings is 1. The maximum absolute atomic E-state index is 13.3. The highest BCUT2D eigenvalue weighted by atomic mass is 16.5. The van der Waals surface area contributed by atoms with Gasteiger partial charge in [-0.2, -0.15) is 0 Å². The van der Waals surface area contributed by atoms with E-state index in [9.17, 15) is 9.59 Å². The fourth-order valence-corrected chi connectivity index (χ4v) is 5.26. The summed E-state index contributed by atoms with van der Waals surface area (Å²) in [6, 6.07) is 9.91. The number of nitrogens with zero attached hydrogens (tertiary/aromatic N) is 5. The lowest BCUT2D eigenvalue weighted by Gasteiger charge is -2.30. The van der Waals surface area contributed by atoms with Crippen molar-refractivity contribution in [3.63, 3.8) is 0 Å². The molecule has 9 heteroatoms. The number of anilines is 2. The van der Waals surface area contributed by atoms with Crippen LogP contribution in [0.2, 0.25) is 0 Å². The number of likely N-dealkylation sites (N-methyl/N-ethyl adjacent to an activating group) is 1. The normalized spacial score (nSPS) is 18.0. The van der Waals surface area contributed by atoms with Gasteiger partial charge in [0.1, 0.15) is 11.5 Å². The van der Waals surface area contributed by atoms with Crippen LogP contribution in [0.3, 0.4) is 0 Å². The largest absolute Gasteiger partial charge is 0.382 e. The monoisotopic (exact) mass is 514 g/mol. The Kier molecular flexibility index (Phi) is 8.05. The van der Waals surface area contributed by atoms with Crippen LogP contribution in [0.5, 0.6) is 0 Å². The average Bonchev–Trinajstić information content (AvgIpc) is 3.39. The predicted molar refractivity (Wildman–Crippen MR) is 146 cm³/mol. The quantitative estimate of drug-likeness (QED) is 0.430. The van der Waals surface area contributed by atoms with E-state index in [1.54, 1.807) is 18.6 Å². The van der Waals surface area contributed by atoms with Crippen LogP contribution in [0.4, 0.5) is 11.5 Å². The van der Waals surface area contributed by atoms with Crippen molar-refractivity contribution in [2.24, 2.45) is 0 Å². The second-order valence-corrected chi connectivity index (χ2v) is 9.99. The summed E-state index contributed by atoms with van der Waals surface area (Å²) in [7, 11) is 2.02. The van der Waals surface area contributed by atoms with E-state index in [4.69, 9.17) is 10.5 Å². The van der Waals surface area contributed by atoms with Crippen molar-refractivity contribution in [2.75, 3.05) is 50.5 Å². The summed E-state index contributed by atoms with van der Waals surface area (Å²) in [5.74, 6) is 0.223. The average molecular weight is 515 g/mol. The molecule has 0 unspecified atom stereocenters. The van der Waals surface area contributed by atoms with Gasteiger partial charge in [-0.3, -0.25) is 19.5 Å². The first-order valence-corrected chi connectivity index (χ1v) is 13.2. The van der Waals surface area contributed by atoms with Crippen LogP contribution in [-0.2, 0) is 22.4 Å². The Morgan fingerprint density at radius 2 is 1.87 bits per heavy atom. The van der Waals surface area contributed by atoms with Gasteiger partial charge in [-0.1, -0.05) is 24.3 Å². The predicted octanol–water partition coefficient (Wildman–Crippen LogP) is 2.98. The molecule has 5 rings (SSSR count). The SMILES string of the molecule is CN1CCC[C@H]1C(=O)CCc1ccc(-c2cnc(N)c(C(=O)Cc3cnccc3N3CCOCC3)n2)cc1. The van der Waals surface area contributed by atoms with E-state index in [1.165, 1.54) is 0 Å². The molecule has 2 aliphatic rings. The third-order valence-electron chi connectivity index (χ3n) is 7.45. The van der Waals surface area contributed by atoms with Gasteiger partial charge in [-0.15, -0.1) is 0 Å². The zero-order valence-corrected chi connectivity index (χ0v) is 21.8. The lowest BCUT2D eigenvalue weighted by atomic mass is 10.0. The van der Waals surface area contributed by atoms with E-state index in [0.717, 1.165) is 54.9 Å². The number of hydrogen-bond acceptors (Lipinski definition) is 9.